The quantitative estimate of drug-likeness (QED) is 0.797. The average Bonchev–Trinajstić information content (AvgIpc) is 2.68. The maximum absolute atomic E-state index is 14.4. The Bertz CT molecular complexity index is 805. The Morgan fingerprint density at radius 3 is 2.41 bits per heavy atom. The van der Waals surface area contributed by atoms with Gasteiger partial charge in [0.15, 0.2) is 11.6 Å². The Hall–Kier alpha value is -1.59. The highest BCUT2D eigenvalue weighted by molar-refractivity contribution is 6.65. The number of hydrogen-bond acceptors (Lipinski definition) is 3. The first-order valence-corrected chi connectivity index (χ1v) is 7.17. The monoisotopic (exact) mass is 305 g/mol. The van der Waals surface area contributed by atoms with Gasteiger partial charge in [0, 0.05) is 5.39 Å². The zero-order valence-electron chi connectivity index (χ0n) is 16.1. The molecule has 5 heteroatoms. The van der Waals surface area contributed by atoms with Crippen LogP contribution in [-0.4, -0.2) is 25.4 Å². The maximum Gasteiger partial charge on any atom is 0.495 e. The van der Waals surface area contributed by atoms with Gasteiger partial charge in [-0.15, -0.1) is 0 Å². The molecule has 1 saturated heterocycles. The predicted molar refractivity (Wildman–Crippen MR) is 86.2 cm³/mol. The third-order valence-corrected chi connectivity index (χ3v) is 4.59. The minimum atomic E-state index is -2.77. The fourth-order valence-electron chi connectivity index (χ4n) is 2.61. The van der Waals surface area contributed by atoms with Crippen LogP contribution in [0.1, 0.15) is 31.8 Å². The van der Waals surface area contributed by atoms with Crippen LogP contribution in [0.15, 0.2) is 30.3 Å². The fraction of sp³-hybridized carbons (Fsp3) is 0.412. The lowest BCUT2D eigenvalue weighted by Crippen LogP contribution is -2.41. The van der Waals surface area contributed by atoms with Crippen LogP contribution in [0.3, 0.4) is 0 Å². The number of fused-ring (bicyclic) bond motifs is 1. The Morgan fingerprint density at radius 1 is 1.09 bits per heavy atom. The van der Waals surface area contributed by atoms with Crippen molar-refractivity contribution in [3.63, 3.8) is 0 Å². The summed E-state index contributed by atoms with van der Waals surface area (Å²) < 4.78 is 53.4. The van der Waals surface area contributed by atoms with Gasteiger partial charge in [-0.25, -0.2) is 4.39 Å². The second-order valence-electron chi connectivity index (χ2n) is 6.51. The molecular weight excluding hydrogens is 282 g/mol. The zero-order valence-corrected chi connectivity index (χ0v) is 13.1. The molecule has 0 bridgehead atoms. The van der Waals surface area contributed by atoms with Gasteiger partial charge in [0.05, 0.1) is 22.4 Å². The van der Waals surface area contributed by atoms with Crippen LogP contribution >= 0.6 is 0 Å². The molecule has 0 aromatic heterocycles. The predicted octanol–water partition coefficient (Wildman–Crippen LogP) is 3.29. The highest BCUT2D eigenvalue weighted by Gasteiger charge is 2.52. The van der Waals surface area contributed by atoms with E-state index in [1.807, 2.05) is 27.7 Å². The summed E-state index contributed by atoms with van der Waals surface area (Å²) in [4.78, 5) is 0. The van der Waals surface area contributed by atoms with Gasteiger partial charge in [-0.05, 0) is 44.6 Å². The molecule has 0 radical (unpaired) electrons. The van der Waals surface area contributed by atoms with E-state index < -0.39 is 31.2 Å². The van der Waals surface area contributed by atoms with Crippen molar-refractivity contribution in [2.24, 2.45) is 0 Å². The lowest BCUT2D eigenvalue weighted by Gasteiger charge is -2.32. The summed E-state index contributed by atoms with van der Waals surface area (Å²) in [5.41, 5.74) is -0.606. The van der Waals surface area contributed by atoms with Gasteiger partial charge in [0.25, 0.3) is 0 Å². The Morgan fingerprint density at radius 2 is 1.77 bits per heavy atom. The van der Waals surface area contributed by atoms with Crippen LogP contribution < -0.4 is 10.2 Å². The van der Waals surface area contributed by atoms with E-state index >= 15 is 0 Å². The maximum atomic E-state index is 14.4. The van der Waals surface area contributed by atoms with Crippen molar-refractivity contribution >= 4 is 23.4 Å². The van der Waals surface area contributed by atoms with Gasteiger partial charge in [-0.2, -0.15) is 0 Å². The largest absolute Gasteiger partial charge is 0.495 e. The molecule has 116 valence electrons. The van der Waals surface area contributed by atoms with Crippen molar-refractivity contribution < 1.29 is 22.5 Å². The van der Waals surface area contributed by atoms with E-state index in [0.29, 0.717) is 16.2 Å². The highest BCUT2D eigenvalue weighted by atomic mass is 19.1. The van der Waals surface area contributed by atoms with Crippen molar-refractivity contribution in [1.82, 2.24) is 0 Å². The lowest BCUT2D eigenvalue weighted by molar-refractivity contribution is 0.00578. The van der Waals surface area contributed by atoms with E-state index in [1.54, 1.807) is 24.3 Å². The molecule has 1 aliphatic heterocycles. The molecule has 0 unspecified atom stereocenters. The van der Waals surface area contributed by atoms with Crippen molar-refractivity contribution in [2.75, 3.05) is 7.04 Å². The Labute approximate surface area is 134 Å². The third-order valence-electron chi connectivity index (χ3n) is 4.59. The normalized spacial score (nSPS) is 22.2. The first-order chi connectivity index (χ1) is 11.4. The van der Waals surface area contributed by atoms with E-state index in [4.69, 9.17) is 18.2 Å². The number of ether oxygens (including phenoxy) is 1. The summed E-state index contributed by atoms with van der Waals surface area (Å²) in [6.07, 6.45) is 0. The molecule has 0 N–H and O–H groups in total. The van der Waals surface area contributed by atoms with Crippen LogP contribution in [0.2, 0.25) is 0 Å². The SMILES string of the molecule is [2H]C([2H])([2H])Oc1c(F)ccc2cccc(B3OC(C)(C)C(C)(C)O3)c12. The molecule has 0 atom stereocenters. The lowest BCUT2D eigenvalue weighted by atomic mass is 9.76. The average molecular weight is 305 g/mol. The van der Waals surface area contributed by atoms with E-state index in [0.717, 1.165) is 0 Å². The zero-order chi connectivity index (χ0) is 18.6. The van der Waals surface area contributed by atoms with Crippen LogP contribution in [0.5, 0.6) is 5.75 Å². The van der Waals surface area contributed by atoms with Gasteiger partial charge in [0.1, 0.15) is 0 Å². The van der Waals surface area contributed by atoms with Gasteiger partial charge >= 0.3 is 7.12 Å². The highest BCUT2D eigenvalue weighted by Crippen LogP contribution is 2.38. The first kappa shape index (κ1) is 11.9. The molecule has 3 rings (SSSR count). The number of methoxy groups -OCH3 is 1. The van der Waals surface area contributed by atoms with E-state index in [1.165, 1.54) is 6.07 Å². The third kappa shape index (κ3) is 2.20. The number of rotatable bonds is 2. The molecule has 0 saturated carbocycles. The van der Waals surface area contributed by atoms with Gasteiger partial charge < -0.3 is 14.0 Å². The van der Waals surface area contributed by atoms with Gasteiger partial charge in [-0.3, -0.25) is 0 Å². The Kier molecular flexibility index (Phi) is 2.69. The Balaban J connectivity index is 2.19. The second kappa shape index (κ2) is 4.96. The molecule has 22 heavy (non-hydrogen) atoms. The fourth-order valence-corrected chi connectivity index (χ4v) is 2.61. The molecule has 0 spiro atoms. The number of hydrogen-bond donors (Lipinski definition) is 0. The minimum absolute atomic E-state index is 0.317. The number of halogens is 1. The summed E-state index contributed by atoms with van der Waals surface area (Å²) in [6, 6.07) is 8.05. The molecule has 3 nitrogen and oxygen atoms in total. The molecule has 0 aliphatic carbocycles. The smallest absolute Gasteiger partial charge is 0.493 e. The van der Waals surface area contributed by atoms with Crippen molar-refractivity contribution in [3.05, 3.63) is 36.1 Å². The molecule has 1 aliphatic rings. The standard InChI is InChI=1S/C17H20BFO3/c1-16(2)17(3,4)22-18(21-16)12-8-6-7-11-9-10-13(19)15(20-5)14(11)12/h6-10H,1-5H3/i5D3. The molecule has 2 aromatic carbocycles. The summed E-state index contributed by atoms with van der Waals surface area (Å²) in [5.74, 6) is -1.06. The van der Waals surface area contributed by atoms with Crippen molar-refractivity contribution in [3.8, 4) is 5.75 Å². The summed E-state index contributed by atoms with van der Waals surface area (Å²) >= 11 is 0. The minimum Gasteiger partial charge on any atom is -0.493 e. The molecule has 2 aromatic rings. The molecule has 0 amide bonds. The van der Waals surface area contributed by atoms with E-state index in [-0.39, 0.29) is 5.75 Å². The van der Waals surface area contributed by atoms with Gasteiger partial charge in [0.2, 0.25) is 0 Å². The van der Waals surface area contributed by atoms with Gasteiger partial charge in [-0.1, -0.05) is 24.3 Å². The molecular formula is C17H20BFO3. The van der Waals surface area contributed by atoms with E-state index in [9.17, 15) is 4.39 Å². The van der Waals surface area contributed by atoms with Crippen LogP contribution in [0, 0.1) is 5.82 Å². The summed E-state index contributed by atoms with van der Waals surface area (Å²) in [7, 11) is -3.52. The van der Waals surface area contributed by atoms with Crippen LogP contribution in [0.25, 0.3) is 10.8 Å². The van der Waals surface area contributed by atoms with Crippen LogP contribution in [-0.2, 0) is 9.31 Å². The second-order valence-corrected chi connectivity index (χ2v) is 6.51. The van der Waals surface area contributed by atoms with Crippen molar-refractivity contribution in [2.45, 2.75) is 38.9 Å². The summed E-state index contributed by atoms with van der Waals surface area (Å²) in [5, 5.41) is 0.991. The van der Waals surface area contributed by atoms with Crippen molar-refractivity contribution in [1.29, 1.82) is 0 Å². The molecule has 1 fully saturated rings. The summed E-state index contributed by atoms with van der Waals surface area (Å²) in [6.45, 7) is 7.66. The molecule has 1 heterocycles. The van der Waals surface area contributed by atoms with E-state index in [2.05, 4.69) is 0 Å². The number of benzene rings is 2. The first-order valence-electron chi connectivity index (χ1n) is 8.67. The topological polar surface area (TPSA) is 27.7 Å². The van der Waals surface area contributed by atoms with Crippen LogP contribution in [0.4, 0.5) is 4.39 Å².